The largest absolute Gasteiger partial charge is 0.490 e. The Balaban J connectivity index is 2.34. The molecule has 1 atom stereocenters. The third-order valence-corrected chi connectivity index (χ3v) is 3.27. The van der Waals surface area contributed by atoms with Gasteiger partial charge < -0.3 is 4.74 Å². The molecular formula is C15H16N2O3S. The summed E-state index contributed by atoms with van der Waals surface area (Å²) in [5.41, 5.74) is 0.676. The van der Waals surface area contributed by atoms with Gasteiger partial charge in [-0.1, -0.05) is 25.1 Å². The first-order chi connectivity index (χ1) is 10.0. The Kier molecular flexibility index (Phi) is 4.70. The fourth-order valence-corrected chi connectivity index (χ4v) is 1.95. The first kappa shape index (κ1) is 15.2. The molecule has 5 nitrogen and oxygen atoms in total. The lowest BCUT2D eigenvalue weighted by Gasteiger charge is -2.18. The summed E-state index contributed by atoms with van der Waals surface area (Å²) in [5, 5.41) is 4.83. The van der Waals surface area contributed by atoms with E-state index in [1.165, 1.54) is 6.08 Å². The molecule has 1 saturated heterocycles. The van der Waals surface area contributed by atoms with Crippen molar-refractivity contribution in [3.05, 3.63) is 35.4 Å². The molecule has 21 heavy (non-hydrogen) atoms. The highest BCUT2D eigenvalue weighted by molar-refractivity contribution is 7.80. The van der Waals surface area contributed by atoms with Gasteiger partial charge in [0.1, 0.15) is 11.3 Å². The van der Waals surface area contributed by atoms with Crippen LogP contribution < -0.4 is 15.4 Å². The van der Waals surface area contributed by atoms with E-state index < -0.39 is 11.8 Å². The molecule has 6 heteroatoms. The van der Waals surface area contributed by atoms with Crippen LogP contribution in [0.2, 0.25) is 0 Å². The number of rotatable bonds is 4. The summed E-state index contributed by atoms with van der Waals surface area (Å²) < 4.78 is 5.79. The van der Waals surface area contributed by atoms with E-state index in [-0.39, 0.29) is 16.8 Å². The van der Waals surface area contributed by atoms with E-state index in [1.807, 2.05) is 32.0 Å². The van der Waals surface area contributed by atoms with Gasteiger partial charge in [-0.3, -0.25) is 20.2 Å². The van der Waals surface area contributed by atoms with Crippen molar-refractivity contribution >= 4 is 35.2 Å². The summed E-state index contributed by atoms with van der Waals surface area (Å²) in [6, 6.07) is 7.26. The number of para-hydroxylation sites is 1. The summed E-state index contributed by atoms with van der Waals surface area (Å²) in [6.45, 7) is 3.98. The van der Waals surface area contributed by atoms with Crippen molar-refractivity contribution in [2.24, 2.45) is 0 Å². The highest BCUT2D eigenvalue weighted by Crippen LogP contribution is 2.23. The topological polar surface area (TPSA) is 67.4 Å². The number of nitrogens with one attached hydrogen (secondary N) is 2. The Morgan fingerprint density at radius 2 is 1.86 bits per heavy atom. The van der Waals surface area contributed by atoms with Gasteiger partial charge in [0, 0.05) is 5.56 Å². The second kappa shape index (κ2) is 6.49. The number of benzene rings is 1. The summed E-state index contributed by atoms with van der Waals surface area (Å²) in [7, 11) is 0. The molecule has 2 amide bonds. The van der Waals surface area contributed by atoms with Crippen molar-refractivity contribution in [2.75, 3.05) is 0 Å². The Labute approximate surface area is 128 Å². The fourth-order valence-electron chi connectivity index (χ4n) is 1.77. The van der Waals surface area contributed by atoms with E-state index in [4.69, 9.17) is 17.0 Å². The van der Waals surface area contributed by atoms with Crippen molar-refractivity contribution in [2.45, 2.75) is 26.4 Å². The van der Waals surface area contributed by atoms with Crippen molar-refractivity contribution in [3.63, 3.8) is 0 Å². The molecule has 2 N–H and O–H groups in total. The first-order valence-electron chi connectivity index (χ1n) is 6.65. The average molecular weight is 304 g/mol. The maximum absolute atomic E-state index is 11.8. The van der Waals surface area contributed by atoms with Gasteiger partial charge in [-0.05, 0) is 37.7 Å². The van der Waals surface area contributed by atoms with E-state index in [2.05, 4.69) is 10.6 Å². The number of hydrogen-bond donors (Lipinski definition) is 2. The molecule has 0 aromatic heterocycles. The minimum absolute atomic E-state index is 0.00352. The van der Waals surface area contributed by atoms with Gasteiger partial charge in [-0.2, -0.15) is 0 Å². The number of carbonyl (C=O) groups is 2. The second-order valence-corrected chi connectivity index (χ2v) is 5.08. The fraction of sp³-hybridized carbons (Fsp3) is 0.267. The van der Waals surface area contributed by atoms with Gasteiger partial charge >= 0.3 is 0 Å². The summed E-state index contributed by atoms with van der Waals surface area (Å²) in [6.07, 6.45) is 2.41. The van der Waals surface area contributed by atoms with Crippen LogP contribution in [0.4, 0.5) is 0 Å². The van der Waals surface area contributed by atoms with Crippen molar-refractivity contribution in [1.29, 1.82) is 0 Å². The van der Waals surface area contributed by atoms with E-state index in [0.29, 0.717) is 11.3 Å². The van der Waals surface area contributed by atoms with Crippen LogP contribution >= 0.6 is 12.2 Å². The van der Waals surface area contributed by atoms with Crippen LogP contribution in [0.1, 0.15) is 25.8 Å². The summed E-state index contributed by atoms with van der Waals surface area (Å²) >= 11 is 4.76. The molecule has 0 radical (unpaired) electrons. The number of ether oxygens (including phenoxy) is 1. The normalized spacial score (nSPS) is 16.1. The molecule has 0 bridgehead atoms. The average Bonchev–Trinajstić information content (AvgIpc) is 2.44. The molecular weight excluding hydrogens is 288 g/mol. The zero-order valence-corrected chi connectivity index (χ0v) is 12.6. The quantitative estimate of drug-likeness (QED) is 0.505. The number of carbonyl (C=O) groups excluding carboxylic acids is 2. The molecule has 1 heterocycles. The van der Waals surface area contributed by atoms with Crippen LogP contribution in [0, 0.1) is 0 Å². The van der Waals surface area contributed by atoms with E-state index >= 15 is 0 Å². The predicted molar refractivity (Wildman–Crippen MR) is 83.7 cm³/mol. The maximum Gasteiger partial charge on any atom is 0.263 e. The van der Waals surface area contributed by atoms with Gasteiger partial charge in [0.2, 0.25) is 0 Å². The Morgan fingerprint density at radius 3 is 2.48 bits per heavy atom. The second-order valence-electron chi connectivity index (χ2n) is 4.67. The van der Waals surface area contributed by atoms with Crippen LogP contribution in [-0.4, -0.2) is 23.0 Å². The molecule has 1 aromatic carbocycles. The number of thiocarbonyl (C=S) groups is 1. The van der Waals surface area contributed by atoms with E-state index in [1.54, 1.807) is 6.07 Å². The molecule has 0 aliphatic carbocycles. The Morgan fingerprint density at radius 1 is 1.24 bits per heavy atom. The third kappa shape index (κ3) is 3.66. The Bertz CT molecular complexity index is 603. The van der Waals surface area contributed by atoms with Crippen molar-refractivity contribution < 1.29 is 14.3 Å². The molecule has 1 aliphatic heterocycles. The molecule has 1 aromatic rings. The molecule has 1 fully saturated rings. The molecule has 110 valence electrons. The summed E-state index contributed by atoms with van der Waals surface area (Å²) in [5.74, 6) is -0.391. The zero-order chi connectivity index (χ0) is 15.4. The highest BCUT2D eigenvalue weighted by Gasteiger charge is 2.26. The zero-order valence-electron chi connectivity index (χ0n) is 11.8. The summed E-state index contributed by atoms with van der Waals surface area (Å²) in [4.78, 5) is 23.7. The van der Waals surface area contributed by atoms with Crippen LogP contribution in [0.25, 0.3) is 6.08 Å². The minimum Gasteiger partial charge on any atom is -0.490 e. The molecule has 0 saturated carbocycles. The monoisotopic (exact) mass is 304 g/mol. The molecule has 1 aliphatic rings. The molecule has 2 rings (SSSR count). The van der Waals surface area contributed by atoms with Crippen molar-refractivity contribution in [3.8, 4) is 5.75 Å². The Hall–Kier alpha value is -2.21. The van der Waals surface area contributed by atoms with Crippen LogP contribution in [-0.2, 0) is 9.59 Å². The first-order valence-corrected chi connectivity index (χ1v) is 7.06. The standard InChI is InChI=1S/C15H16N2O3S/c1-3-9(2)20-12-7-5-4-6-10(12)8-11-13(18)16-15(21)17-14(11)19/h4-9H,3H2,1-2H3,(H2,16,17,18,19,21)/t9-/m1/s1. The lowest BCUT2D eigenvalue weighted by atomic mass is 10.1. The third-order valence-electron chi connectivity index (χ3n) is 3.07. The van der Waals surface area contributed by atoms with Crippen LogP contribution in [0.5, 0.6) is 5.75 Å². The van der Waals surface area contributed by atoms with Crippen molar-refractivity contribution in [1.82, 2.24) is 10.6 Å². The molecule has 0 unspecified atom stereocenters. The van der Waals surface area contributed by atoms with E-state index in [0.717, 1.165) is 6.42 Å². The van der Waals surface area contributed by atoms with Gasteiger partial charge in [0.05, 0.1) is 6.10 Å². The molecule has 0 spiro atoms. The van der Waals surface area contributed by atoms with Gasteiger partial charge in [0.25, 0.3) is 11.8 Å². The van der Waals surface area contributed by atoms with Gasteiger partial charge in [-0.15, -0.1) is 0 Å². The number of hydrogen-bond acceptors (Lipinski definition) is 4. The van der Waals surface area contributed by atoms with Gasteiger partial charge in [0.15, 0.2) is 5.11 Å². The van der Waals surface area contributed by atoms with Gasteiger partial charge in [-0.25, -0.2) is 0 Å². The lowest BCUT2D eigenvalue weighted by molar-refractivity contribution is -0.123. The van der Waals surface area contributed by atoms with Crippen LogP contribution in [0.3, 0.4) is 0 Å². The highest BCUT2D eigenvalue weighted by atomic mass is 32.1. The maximum atomic E-state index is 11.8. The van der Waals surface area contributed by atoms with E-state index in [9.17, 15) is 9.59 Å². The SMILES string of the molecule is CC[C@@H](C)Oc1ccccc1C=C1C(=O)NC(=S)NC1=O. The minimum atomic E-state index is -0.512. The lowest BCUT2D eigenvalue weighted by Crippen LogP contribution is -2.51. The predicted octanol–water partition coefficient (Wildman–Crippen LogP) is 1.78. The van der Waals surface area contributed by atoms with Crippen LogP contribution in [0.15, 0.2) is 29.8 Å². The smallest absolute Gasteiger partial charge is 0.263 e. The number of amides is 2.